The number of sulfonamides is 1. The summed E-state index contributed by atoms with van der Waals surface area (Å²) in [6.07, 6.45) is 6.57. The molecule has 1 atom stereocenters. The van der Waals surface area contributed by atoms with Crippen LogP contribution in [0.3, 0.4) is 0 Å². The Morgan fingerprint density at radius 1 is 1.30 bits per heavy atom. The molecule has 1 aromatic heterocycles. The molecule has 7 nitrogen and oxygen atoms in total. The van der Waals surface area contributed by atoms with Crippen molar-refractivity contribution >= 4 is 31.9 Å². The lowest BCUT2D eigenvalue weighted by atomic mass is 9.96. The van der Waals surface area contributed by atoms with Crippen LogP contribution in [0, 0.1) is 0 Å². The molecule has 0 bridgehead atoms. The van der Waals surface area contributed by atoms with E-state index >= 15 is 0 Å². The zero-order valence-electron chi connectivity index (χ0n) is 15.6. The van der Waals surface area contributed by atoms with E-state index < -0.39 is 10.0 Å². The molecule has 1 aliphatic heterocycles. The predicted octanol–water partition coefficient (Wildman–Crippen LogP) is 2.80. The molecule has 1 aliphatic rings. The van der Waals surface area contributed by atoms with Crippen LogP contribution >= 0.6 is 15.9 Å². The van der Waals surface area contributed by atoms with Crippen LogP contribution in [-0.2, 0) is 17.1 Å². The molecule has 2 aromatic rings. The zero-order chi connectivity index (χ0) is 19.8. The van der Waals surface area contributed by atoms with Gasteiger partial charge in [0.1, 0.15) is 0 Å². The number of benzene rings is 1. The molecule has 27 heavy (non-hydrogen) atoms. The molecule has 0 radical (unpaired) electrons. The minimum absolute atomic E-state index is 0.0440. The Bertz CT molecular complexity index is 955. The SMILES string of the molecule is CN(C)S(=O)(=O)c1cc(C(=O)N2CCCCC2c2cnn(C)c2)ccc1Br. The Balaban J connectivity index is 1.97. The number of nitrogens with zero attached hydrogens (tertiary/aromatic N) is 4. The standard InChI is InChI=1S/C18H23BrN4O3S/c1-21(2)27(25,26)17-10-13(7-8-15(17)19)18(24)23-9-5-4-6-16(23)14-11-20-22(3)12-14/h7-8,10-12,16H,4-6,9H2,1-3H3. The number of aromatic nitrogens is 2. The quantitative estimate of drug-likeness (QED) is 0.711. The van der Waals surface area contributed by atoms with E-state index in [0.717, 1.165) is 29.1 Å². The number of hydrogen-bond donors (Lipinski definition) is 0. The summed E-state index contributed by atoms with van der Waals surface area (Å²) in [5.74, 6) is -0.161. The van der Waals surface area contributed by atoms with Crippen molar-refractivity contribution in [1.82, 2.24) is 19.0 Å². The van der Waals surface area contributed by atoms with E-state index in [4.69, 9.17) is 0 Å². The monoisotopic (exact) mass is 454 g/mol. The van der Waals surface area contributed by atoms with Crippen LogP contribution in [-0.4, -0.2) is 54.0 Å². The highest BCUT2D eigenvalue weighted by Gasteiger charge is 2.31. The van der Waals surface area contributed by atoms with Crippen molar-refractivity contribution in [3.05, 3.63) is 46.2 Å². The topological polar surface area (TPSA) is 75.5 Å². The van der Waals surface area contributed by atoms with Crippen LogP contribution < -0.4 is 0 Å². The average Bonchev–Trinajstić information content (AvgIpc) is 3.07. The highest BCUT2D eigenvalue weighted by atomic mass is 79.9. The van der Waals surface area contributed by atoms with Gasteiger partial charge in [-0.05, 0) is 53.4 Å². The first-order chi connectivity index (χ1) is 12.7. The van der Waals surface area contributed by atoms with E-state index in [1.54, 1.807) is 23.0 Å². The maximum Gasteiger partial charge on any atom is 0.254 e. The summed E-state index contributed by atoms with van der Waals surface area (Å²) >= 11 is 3.29. The second kappa shape index (κ2) is 7.73. The second-order valence-electron chi connectivity index (χ2n) is 6.89. The summed E-state index contributed by atoms with van der Waals surface area (Å²) in [5.41, 5.74) is 1.37. The molecule has 0 aliphatic carbocycles. The Morgan fingerprint density at radius 2 is 2.04 bits per heavy atom. The first kappa shape index (κ1) is 20.0. The number of piperidine rings is 1. The van der Waals surface area contributed by atoms with Crippen molar-refractivity contribution < 1.29 is 13.2 Å². The van der Waals surface area contributed by atoms with Crippen LogP contribution in [0.5, 0.6) is 0 Å². The third-order valence-corrected chi connectivity index (χ3v) is 7.62. The van der Waals surface area contributed by atoms with E-state index in [1.807, 2.05) is 18.1 Å². The Morgan fingerprint density at radius 3 is 2.67 bits per heavy atom. The molecule has 0 saturated carbocycles. The van der Waals surface area contributed by atoms with Gasteiger partial charge in [0, 0.05) is 49.5 Å². The number of aryl methyl sites for hydroxylation is 1. The molecular weight excluding hydrogens is 432 g/mol. The van der Waals surface area contributed by atoms with Gasteiger partial charge in [-0.25, -0.2) is 12.7 Å². The molecule has 0 spiro atoms. The summed E-state index contributed by atoms with van der Waals surface area (Å²) in [4.78, 5) is 15.1. The van der Waals surface area contributed by atoms with Gasteiger partial charge in [0.15, 0.2) is 0 Å². The molecule has 1 aromatic carbocycles. The van der Waals surface area contributed by atoms with E-state index in [2.05, 4.69) is 21.0 Å². The summed E-state index contributed by atoms with van der Waals surface area (Å²) < 4.78 is 28.4. The Labute approximate surface area is 168 Å². The first-order valence-corrected chi connectivity index (χ1v) is 11.0. The van der Waals surface area contributed by atoms with Crippen LogP contribution in [0.1, 0.15) is 41.2 Å². The van der Waals surface area contributed by atoms with Crippen LogP contribution in [0.2, 0.25) is 0 Å². The molecule has 1 unspecified atom stereocenters. The van der Waals surface area contributed by atoms with Gasteiger partial charge in [-0.2, -0.15) is 5.10 Å². The summed E-state index contributed by atoms with van der Waals surface area (Å²) in [6, 6.07) is 4.69. The smallest absolute Gasteiger partial charge is 0.254 e. The minimum Gasteiger partial charge on any atom is -0.331 e. The zero-order valence-corrected chi connectivity index (χ0v) is 18.0. The van der Waals surface area contributed by atoms with Crippen molar-refractivity contribution in [1.29, 1.82) is 0 Å². The van der Waals surface area contributed by atoms with E-state index in [1.165, 1.54) is 20.2 Å². The average molecular weight is 455 g/mol. The Kier molecular flexibility index (Phi) is 5.73. The van der Waals surface area contributed by atoms with Gasteiger partial charge >= 0.3 is 0 Å². The van der Waals surface area contributed by atoms with Crippen molar-refractivity contribution in [3.63, 3.8) is 0 Å². The van der Waals surface area contributed by atoms with E-state index in [-0.39, 0.29) is 16.8 Å². The van der Waals surface area contributed by atoms with Gasteiger partial charge in [-0.3, -0.25) is 9.48 Å². The molecule has 146 valence electrons. The third kappa shape index (κ3) is 3.95. The second-order valence-corrected chi connectivity index (χ2v) is 9.86. The summed E-state index contributed by atoms with van der Waals surface area (Å²) in [5, 5.41) is 4.22. The number of likely N-dealkylation sites (tertiary alicyclic amines) is 1. The molecule has 0 N–H and O–H groups in total. The van der Waals surface area contributed by atoms with Crippen molar-refractivity contribution in [2.45, 2.75) is 30.2 Å². The number of amides is 1. The maximum absolute atomic E-state index is 13.2. The maximum atomic E-state index is 13.2. The largest absolute Gasteiger partial charge is 0.331 e. The number of rotatable bonds is 4. The fraction of sp³-hybridized carbons (Fsp3) is 0.444. The number of hydrogen-bond acceptors (Lipinski definition) is 4. The summed E-state index contributed by atoms with van der Waals surface area (Å²) in [7, 11) is 1.14. The number of halogens is 1. The third-order valence-electron chi connectivity index (χ3n) is 4.81. The van der Waals surface area contributed by atoms with Crippen LogP contribution in [0.4, 0.5) is 0 Å². The molecule has 9 heteroatoms. The highest BCUT2D eigenvalue weighted by molar-refractivity contribution is 9.10. The first-order valence-electron chi connectivity index (χ1n) is 8.73. The van der Waals surface area contributed by atoms with Gasteiger partial charge in [0.25, 0.3) is 5.91 Å². The number of carbonyl (C=O) groups is 1. The summed E-state index contributed by atoms with van der Waals surface area (Å²) in [6.45, 7) is 0.643. The van der Waals surface area contributed by atoms with Crippen LogP contribution in [0.25, 0.3) is 0 Å². The lowest BCUT2D eigenvalue weighted by Gasteiger charge is -2.35. The molecule has 1 amide bonds. The van der Waals surface area contributed by atoms with Gasteiger partial charge in [-0.1, -0.05) is 0 Å². The molecule has 1 saturated heterocycles. The van der Waals surface area contributed by atoms with Crippen LogP contribution in [0.15, 0.2) is 40.0 Å². The van der Waals surface area contributed by atoms with Crippen molar-refractivity contribution in [3.8, 4) is 0 Å². The fourth-order valence-corrected chi connectivity index (χ4v) is 5.17. The molecule has 2 heterocycles. The van der Waals surface area contributed by atoms with Crippen molar-refractivity contribution in [2.24, 2.45) is 7.05 Å². The predicted molar refractivity (Wildman–Crippen MR) is 106 cm³/mol. The molecular formula is C18H23BrN4O3S. The van der Waals surface area contributed by atoms with Gasteiger partial charge in [0.2, 0.25) is 10.0 Å². The molecule has 3 rings (SSSR count). The minimum atomic E-state index is -3.65. The highest BCUT2D eigenvalue weighted by Crippen LogP contribution is 2.33. The fourth-order valence-electron chi connectivity index (χ4n) is 3.33. The normalized spacial score (nSPS) is 18.1. The van der Waals surface area contributed by atoms with E-state index in [0.29, 0.717) is 16.6 Å². The molecule has 1 fully saturated rings. The van der Waals surface area contributed by atoms with Gasteiger partial charge in [0.05, 0.1) is 17.1 Å². The van der Waals surface area contributed by atoms with Crippen molar-refractivity contribution in [2.75, 3.05) is 20.6 Å². The van der Waals surface area contributed by atoms with Gasteiger partial charge < -0.3 is 4.90 Å². The lowest BCUT2D eigenvalue weighted by molar-refractivity contribution is 0.0611. The van der Waals surface area contributed by atoms with Gasteiger partial charge in [-0.15, -0.1) is 0 Å². The van der Waals surface area contributed by atoms with E-state index in [9.17, 15) is 13.2 Å². The number of carbonyl (C=O) groups excluding carboxylic acids is 1. The lowest BCUT2D eigenvalue weighted by Crippen LogP contribution is -2.38. The Hall–Kier alpha value is -1.71.